The maximum absolute atomic E-state index is 10.4. The van der Waals surface area contributed by atoms with Crippen LogP contribution in [0.3, 0.4) is 0 Å². The van der Waals surface area contributed by atoms with Gasteiger partial charge in [0.2, 0.25) is 0 Å². The van der Waals surface area contributed by atoms with Crippen LogP contribution in [0.1, 0.15) is 24.2 Å². The third kappa shape index (κ3) is 2.56. The molecule has 1 aliphatic heterocycles. The van der Waals surface area contributed by atoms with Crippen molar-refractivity contribution in [3.8, 4) is 0 Å². The molecular formula is C15H19N5O. The molecule has 21 heavy (non-hydrogen) atoms. The number of hydrogen-bond donors (Lipinski definition) is 1. The lowest BCUT2D eigenvalue weighted by molar-refractivity contribution is -0.117. The van der Waals surface area contributed by atoms with Gasteiger partial charge in [-0.1, -0.05) is 30.3 Å². The predicted molar refractivity (Wildman–Crippen MR) is 76.3 cm³/mol. The van der Waals surface area contributed by atoms with Gasteiger partial charge >= 0.3 is 0 Å². The molecule has 1 saturated carbocycles. The minimum absolute atomic E-state index is 0.447. The number of rotatable bonds is 5. The molecule has 1 aliphatic carbocycles. The molecule has 1 aromatic heterocycles. The quantitative estimate of drug-likeness (QED) is 0.875. The minimum atomic E-state index is -0.447. The Balaban J connectivity index is 1.39. The van der Waals surface area contributed by atoms with Crippen LogP contribution in [0.25, 0.3) is 0 Å². The van der Waals surface area contributed by atoms with Crippen molar-refractivity contribution in [3.05, 3.63) is 41.7 Å². The molecule has 1 saturated heterocycles. The fourth-order valence-corrected chi connectivity index (χ4v) is 3.13. The first-order valence-electron chi connectivity index (χ1n) is 7.47. The van der Waals surface area contributed by atoms with Gasteiger partial charge in [0.05, 0.1) is 18.7 Å². The van der Waals surface area contributed by atoms with Gasteiger partial charge in [0.1, 0.15) is 0 Å². The molecule has 0 bridgehead atoms. The van der Waals surface area contributed by atoms with E-state index in [0.717, 1.165) is 18.9 Å². The molecule has 2 heterocycles. The summed E-state index contributed by atoms with van der Waals surface area (Å²) in [6, 6.07) is 10.2. The number of hydrogen-bond acceptors (Lipinski definition) is 5. The average Bonchev–Trinajstić information content (AvgIpc) is 3.23. The van der Waals surface area contributed by atoms with Gasteiger partial charge in [0, 0.05) is 13.1 Å². The smallest absolute Gasteiger partial charge is 0.165 e. The molecule has 6 heteroatoms. The molecule has 2 aliphatic rings. The number of β-amino-alcohol motifs (C(OH)–C–C–N with tert-alkyl or cyclic N) is 1. The molecule has 0 radical (unpaired) electrons. The first-order chi connectivity index (χ1) is 10.2. The van der Waals surface area contributed by atoms with Gasteiger partial charge in [-0.05, 0) is 34.7 Å². The number of nitrogens with zero attached hydrogens (tertiary/aromatic N) is 5. The molecule has 1 N–H and O–H groups in total. The molecule has 2 aromatic rings. The van der Waals surface area contributed by atoms with E-state index in [-0.39, 0.29) is 0 Å². The molecule has 1 aromatic carbocycles. The highest BCUT2D eigenvalue weighted by molar-refractivity contribution is 5.15. The number of tetrazole rings is 1. The van der Waals surface area contributed by atoms with Crippen molar-refractivity contribution in [3.63, 3.8) is 0 Å². The lowest BCUT2D eigenvalue weighted by Crippen LogP contribution is -2.62. The lowest BCUT2D eigenvalue weighted by atomic mass is 9.89. The summed E-state index contributed by atoms with van der Waals surface area (Å²) in [5, 5.41) is 22.3. The van der Waals surface area contributed by atoms with Crippen molar-refractivity contribution in [2.75, 3.05) is 13.1 Å². The van der Waals surface area contributed by atoms with E-state index in [2.05, 4.69) is 32.6 Å². The summed E-state index contributed by atoms with van der Waals surface area (Å²) in [4.78, 5) is 2.21. The number of likely N-dealkylation sites (tertiary alicyclic amines) is 1. The maximum Gasteiger partial charge on any atom is 0.165 e. The van der Waals surface area contributed by atoms with E-state index < -0.39 is 5.60 Å². The van der Waals surface area contributed by atoms with E-state index in [4.69, 9.17) is 0 Å². The summed E-state index contributed by atoms with van der Waals surface area (Å²) in [6.07, 6.45) is 2.35. The highest BCUT2D eigenvalue weighted by atomic mass is 16.3. The molecule has 4 rings (SSSR count). The molecular weight excluding hydrogens is 266 g/mol. The van der Waals surface area contributed by atoms with E-state index in [9.17, 15) is 5.11 Å². The van der Waals surface area contributed by atoms with E-state index in [0.29, 0.717) is 19.0 Å². The first-order valence-corrected chi connectivity index (χ1v) is 7.47. The second-order valence-corrected chi connectivity index (χ2v) is 6.26. The summed E-state index contributed by atoms with van der Waals surface area (Å²) < 4.78 is 1.84. The first kappa shape index (κ1) is 12.9. The Bertz CT molecular complexity index is 616. The van der Waals surface area contributed by atoms with Gasteiger partial charge in [-0.2, -0.15) is 0 Å². The highest BCUT2D eigenvalue weighted by Crippen LogP contribution is 2.44. The van der Waals surface area contributed by atoms with Crippen molar-refractivity contribution in [2.24, 2.45) is 5.92 Å². The van der Waals surface area contributed by atoms with Crippen LogP contribution < -0.4 is 0 Å². The van der Waals surface area contributed by atoms with Gasteiger partial charge in [-0.15, -0.1) is 5.10 Å². The van der Waals surface area contributed by atoms with Gasteiger partial charge in [0.25, 0.3) is 0 Å². The zero-order chi connectivity index (χ0) is 14.3. The SMILES string of the molecule is OC1(C2CC2)CN(Cc2nnnn2Cc2ccccc2)C1. The second-order valence-electron chi connectivity index (χ2n) is 6.26. The Morgan fingerprint density at radius 2 is 1.90 bits per heavy atom. The number of aliphatic hydroxyl groups is 1. The fourth-order valence-electron chi connectivity index (χ4n) is 3.13. The molecule has 0 unspecified atom stereocenters. The minimum Gasteiger partial charge on any atom is -0.387 e. The highest BCUT2D eigenvalue weighted by Gasteiger charge is 2.51. The van der Waals surface area contributed by atoms with E-state index in [1.807, 2.05) is 22.9 Å². The third-order valence-electron chi connectivity index (χ3n) is 4.48. The predicted octanol–water partition coefficient (Wildman–Crippen LogP) is 0.678. The summed E-state index contributed by atoms with van der Waals surface area (Å²) in [5.74, 6) is 1.38. The average molecular weight is 285 g/mol. The standard InChI is InChI=1S/C15H19N5O/c21-15(13-6-7-13)10-19(11-15)9-14-16-17-18-20(14)8-12-4-2-1-3-5-12/h1-5,13,21H,6-11H2. The lowest BCUT2D eigenvalue weighted by Gasteiger charge is -2.46. The van der Waals surface area contributed by atoms with Crippen molar-refractivity contribution < 1.29 is 5.11 Å². The van der Waals surface area contributed by atoms with Crippen LogP contribution in [-0.4, -0.2) is 48.9 Å². The van der Waals surface area contributed by atoms with Crippen LogP contribution in [0.15, 0.2) is 30.3 Å². The number of aromatic nitrogens is 4. The summed E-state index contributed by atoms with van der Waals surface area (Å²) in [6.45, 7) is 2.88. The van der Waals surface area contributed by atoms with Crippen LogP contribution in [0, 0.1) is 5.92 Å². The van der Waals surface area contributed by atoms with Crippen molar-refractivity contribution in [1.82, 2.24) is 25.1 Å². The van der Waals surface area contributed by atoms with Crippen molar-refractivity contribution in [2.45, 2.75) is 31.5 Å². The monoisotopic (exact) mass is 285 g/mol. The number of benzene rings is 1. The normalized spacial score (nSPS) is 21.2. The van der Waals surface area contributed by atoms with E-state index in [1.54, 1.807) is 0 Å². The molecule has 0 atom stereocenters. The van der Waals surface area contributed by atoms with Crippen LogP contribution in [0.4, 0.5) is 0 Å². The summed E-state index contributed by atoms with van der Waals surface area (Å²) >= 11 is 0. The molecule has 2 fully saturated rings. The molecule has 0 spiro atoms. The van der Waals surface area contributed by atoms with Gasteiger partial charge < -0.3 is 5.11 Å². The van der Waals surface area contributed by atoms with Crippen molar-refractivity contribution in [1.29, 1.82) is 0 Å². The summed E-state index contributed by atoms with van der Waals surface area (Å²) in [7, 11) is 0. The largest absolute Gasteiger partial charge is 0.387 e. The Morgan fingerprint density at radius 1 is 1.14 bits per heavy atom. The fraction of sp³-hybridized carbons (Fsp3) is 0.533. The Morgan fingerprint density at radius 3 is 2.62 bits per heavy atom. The molecule has 6 nitrogen and oxygen atoms in total. The van der Waals surface area contributed by atoms with Crippen LogP contribution in [0.2, 0.25) is 0 Å². The van der Waals surface area contributed by atoms with Gasteiger partial charge in [0.15, 0.2) is 5.82 Å². The molecule has 0 amide bonds. The summed E-state index contributed by atoms with van der Waals surface area (Å²) in [5.41, 5.74) is 0.738. The maximum atomic E-state index is 10.4. The topological polar surface area (TPSA) is 67.1 Å². The zero-order valence-electron chi connectivity index (χ0n) is 11.9. The van der Waals surface area contributed by atoms with Gasteiger partial charge in [-0.3, -0.25) is 4.90 Å². The molecule has 110 valence electrons. The van der Waals surface area contributed by atoms with E-state index in [1.165, 1.54) is 18.4 Å². The van der Waals surface area contributed by atoms with E-state index >= 15 is 0 Å². The van der Waals surface area contributed by atoms with Crippen molar-refractivity contribution >= 4 is 0 Å². The van der Waals surface area contributed by atoms with Gasteiger partial charge in [-0.25, -0.2) is 4.68 Å². The zero-order valence-corrected chi connectivity index (χ0v) is 11.9. The second kappa shape index (κ2) is 4.89. The third-order valence-corrected chi connectivity index (χ3v) is 4.48. The Labute approximate surface area is 123 Å². The van der Waals surface area contributed by atoms with Crippen LogP contribution in [-0.2, 0) is 13.1 Å². The Hall–Kier alpha value is -1.79. The van der Waals surface area contributed by atoms with Crippen LogP contribution in [0.5, 0.6) is 0 Å². The Kier molecular flexibility index (Phi) is 3.01. The van der Waals surface area contributed by atoms with Crippen LogP contribution >= 0.6 is 0 Å².